The van der Waals surface area contributed by atoms with Crippen molar-refractivity contribution in [1.82, 2.24) is 0 Å². The molecule has 4 heteroatoms. The van der Waals surface area contributed by atoms with Crippen molar-refractivity contribution in [3.63, 3.8) is 0 Å². The second-order valence-corrected chi connectivity index (χ2v) is 3.97. The number of methoxy groups -OCH3 is 2. The first kappa shape index (κ1) is 11.6. The van der Waals surface area contributed by atoms with Gasteiger partial charge in [-0.2, -0.15) is 0 Å². The summed E-state index contributed by atoms with van der Waals surface area (Å²) in [5.41, 5.74) is 2.87. The van der Waals surface area contributed by atoms with E-state index in [2.05, 4.69) is 0 Å². The molecular weight excluding hydrogens is 220 g/mol. The average Bonchev–Trinajstić information content (AvgIpc) is 2.84. The summed E-state index contributed by atoms with van der Waals surface area (Å²) in [6.45, 7) is 0. The van der Waals surface area contributed by atoms with Crippen molar-refractivity contribution in [2.75, 3.05) is 14.2 Å². The van der Waals surface area contributed by atoms with E-state index in [-0.39, 0.29) is 0 Å². The lowest BCUT2D eigenvalue weighted by Crippen LogP contribution is -2.08. The van der Waals surface area contributed by atoms with Crippen LogP contribution in [0.5, 0.6) is 5.75 Å². The van der Waals surface area contributed by atoms with Gasteiger partial charge in [0.1, 0.15) is 17.6 Å². The number of hydrogen-bond donors (Lipinski definition) is 0. The van der Waals surface area contributed by atoms with Gasteiger partial charge in [0.2, 0.25) is 0 Å². The SMILES string of the molecule is COC(=O)c1cc(C=O)c2c(c1OC)CCC2. The van der Waals surface area contributed by atoms with Crippen molar-refractivity contribution in [1.29, 1.82) is 0 Å². The molecule has 0 atom stereocenters. The zero-order chi connectivity index (χ0) is 12.4. The van der Waals surface area contributed by atoms with Crippen LogP contribution in [0.3, 0.4) is 0 Å². The lowest BCUT2D eigenvalue weighted by atomic mass is 9.98. The molecule has 4 nitrogen and oxygen atoms in total. The van der Waals surface area contributed by atoms with E-state index in [0.717, 1.165) is 36.7 Å². The van der Waals surface area contributed by atoms with Crippen LogP contribution < -0.4 is 4.74 Å². The molecule has 2 rings (SSSR count). The molecule has 0 aromatic heterocycles. The summed E-state index contributed by atoms with van der Waals surface area (Å²) < 4.78 is 10.00. The van der Waals surface area contributed by atoms with Gasteiger partial charge in [0, 0.05) is 5.56 Å². The van der Waals surface area contributed by atoms with Gasteiger partial charge in [0.25, 0.3) is 0 Å². The Hall–Kier alpha value is -1.84. The van der Waals surface area contributed by atoms with Gasteiger partial charge in [-0.3, -0.25) is 4.79 Å². The summed E-state index contributed by atoms with van der Waals surface area (Å²) in [4.78, 5) is 22.7. The molecule has 17 heavy (non-hydrogen) atoms. The number of benzene rings is 1. The number of carbonyl (C=O) groups excluding carboxylic acids is 2. The molecule has 90 valence electrons. The normalized spacial score (nSPS) is 13.1. The summed E-state index contributed by atoms with van der Waals surface area (Å²) in [6.07, 6.45) is 3.47. The molecule has 0 radical (unpaired) electrons. The molecule has 0 N–H and O–H groups in total. The largest absolute Gasteiger partial charge is 0.496 e. The van der Waals surface area contributed by atoms with Gasteiger partial charge >= 0.3 is 5.97 Å². The van der Waals surface area contributed by atoms with Crippen LogP contribution >= 0.6 is 0 Å². The smallest absolute Gasteiger partial charge is 0.341 e. The number of hydrogen-bond acceptors (Lipinski definition) is 4. The number of rotatable bonds is 3. The predicted octanol–water partition coefficient (Wildman–Crippen LogP) is 1.78. The van der Waals surface area contributed by atoms with Gasteiger partial charge in [-0.15, -0.1) is 0 Å². The molecule has 0 bridgehead atoms. The fourth-order valence-electron chi connectivity index (χ4n) is 2.38. The van der Waals surface area contributed by atoms with Crippen LogP contribution in [-0.4, -0.2) is 26.5 Å². The van der Waals surface area contributed by atoms with Gasteiger partial charge in [-0.25, -0.2) is 4.79 Å². The molecule has 0 saturated heterocycles. The van der Waals surface area contributed by atoms with E-state index in [0.29, 0.717) is 16.9 Å². The third-order valence-electron chi connectivity index (χ3n) is 3.12. The van der Waals surface area contributed by atoms with Gasteiger partial charge < -0.3 is 9.47 Å². The molecule has 0 heterocycles. The predicted molar refractivity (Wildman–Crippen MR) is 61.7 cm³/mol. The number of esters is 1. The third kappa shape index (κ3) is 1.79. The van der Waals surface area contributed by atoms with Crippen molar-refractivity contribution in [3.05, 3.63) is 28.3 Å². The van der Waals surface area contributed by atoms with Crippen molar-refractivity contribution in [2.45, 2.75) is 19.3 Å². The minimum Gasteiger partial charge on any atom is -0.496 e. The minimum atomic E-state index is -0.473. The fourth-order valence-corrected chi connectivity index (χ4v) is 2.38. The Morgan fingerprint density at radius 2 is 2.00 bits per heavy atom. The van der Waals surface area contributed by atoms with Crippen LogP contribution in [0.2, 0.25) is 0 Å². The lowest BCUT2D eigenvalue weighted by molar-refractivity contribution is 0.0597. The maximum atomic E-state index is 11.6. The van der Waals surface area contributed by atoms with Gasteiger partial charge in [0.15, 0.2) is 0 Å². The summed E-state index contributed by atoms with van der Waals surface area (Å²) in [7, 11) is 2.84. The third-order valence-corrected chi connectivity index (χ3v) is 3.12. The first-order chi connectivity index (χ1) is 8.22. The van der Waals surface area contributed by atoms with Crippen LogP contribution in [0.4, 0.5) is 0 Å². The van der Waals surface area contributed by atoms with Crippen LogP contribution in [0.15, 0.2) is 6.07 Å². The number of carbonyl (C=O) groups is 2. The molecular formula is C13H14O4. The second kappa shape index (κ2) is 4.57. The molecule has 1 aliphatic carbocycles. The van der Waals surface area contributed by atoms with Crippen molar-refractivity contribution in [2.24, 2.45) is 0 Å². The van der Waals surface area contributed by atoms with E-state index in [1.54, 1.807) is 6.07 Å². The topological polar surface area (TPSA) is 52.6 Å². The lowest BCUT2D eigenvalue weighted by Gasteiger charge is -2.13. The fraction of sp³-hybridized carbons (Fsp3) is 0.385. The minimum absolute atomic E-state index is 0.331. The Bertz CT molecular complexity index is 477. The molecule has 0 saturated carbocycles. The molecule has 1 aromatic rings. The first-order valence-corrected chi connectivity index (χ1v) is 5.49. The molecule has 0 aliphatic heterocycles. The Morgan fingerprint density at radius 3 is 2.59 bits per heavy atom. The first-order valence-electron chi connectivity index (χ1n) is 5.49. The Labute approximate surface area is 99.5 Å². The average molecular weight is 234 g/mol. The van der Waals surface area contributed by atoms with Gasteiger partial charge in [0.05, 0.1) is 14.2 Å². The van der Waals surface area contributed by atoms with E-state index in [9.17, 15) is 9.59 Å². The highest BCUT2D eigenvalue weighted by Gasteiger charge is 2.25. The number of aldehydes is 1. The van der Waals surface area contributed by atoms with Crippen LogP contribution in [0, 0.1) is 0 Å². The van der Waals surface area contributed by atoms with E-state index >= 15 is 0 Å². The van der Waals surface area contributed by atoms with Gasteiger partial charge in [-0.1, -0.05) is 0 Å². The summed E-state index contributed by atoms with van der Waals surface area (Å²) in [6, 6.07) is 1.56. The maximum absolute atomic E-state index is 11.6. The van der Waals surface area contributed by atoms with E-state index in [1.807, 2.05) is 0 Å². The zero-order valence-electron chi connectivity index (χ0n) is 9.91. The Balaban J connectivity index is 2.67. The maximum Gasteiger partial charge on any atom is 0.341 e. The standard InChI is InChI=1S/C13H14O4/c1-16-12-10-5-3-4-9(10)8(7-14)6-11(12)13(15)17-2/h6-7H,3-5H2,1-2H3. The summed E-state index contributed by atoms with van der Waals surface area (Å²) in [5, 5.41) is 0. The van der Waals surface area contributed by atoms with E-state index in [4.69, 9.17) is 9.47 Å². The van der Waals surface area contributed by atoms with E-state index < -0.39 is 5.97 Å². The highest BCUT2D eigenvalue weighted by atomic mass is 16.5. The number of ether oxygens (including phenoxy) is 2. The molecule has 0 fully saturated rings. The molecule has 0 amide bonds. The number of fused-ring (bicyclic) bond motifs is 1. The quantitative estimate of drug-likeness (QED) is 0.591. The summed E-state index contributed by atoms with van der Waals surface area (Å²) >= 11 is 0. The molecule has 0 spiro atoms. The monoisotopic (exact) mass is 234 g/mol. The van der Waals surface area contributed by atoms with E-state index in [1.165, 1.54) is 14.2 Å². The van der Waals surface area contributed by atoms with Crippen molar-refractivity contribution < 1.29 is 19.1 Å². The van der Waals surface area contributed by atoms with Crippen LogP contribution in [-0.2, 0) is 17.6 Å². The highest BCUT2D eigenvalue weighted by molar-refractivity contribution is 5.96. The van der Waals surface area contributed by atoms with Crippen molar-refractivity contribution >= 4 is 12.3 Å². The van der Waals surface area contributed by atoms with Crippen LogP contribution in [0.25, 0.3) is 0 Å². The van der Waals surface area contributed by atoms with Gasteiger partial charge in [-0.05, 0) is 36.5 Å². The second-order valence-electron chi connectivity index (χ2n) is 3.97. The van der Waals surface area contributed by atoms with Crippen molar-refractivity contribution in [3.8, 4) is 5.75 Å². The molecule has 0 unspecified atom stereocenters. The Morgan fingerprint density at radius 1 is 1.29 bits per heavy atom. The summed E-state index contributed by atoms with van der Waals surface area (Å²) in [5.74, 6) is 0.0783. The molecule has 1 aromatic carbocycles. The molecule has 1 aliphatic rings. The zero-order valence-corrected chi connectivity index (χ0v) is 9.91. The Kier molecular flexibility index (Phi) is 3.13. The highest BCUT2D eigenvalue weighted by Crippen LogP contribution is 2.36. The van der Waals surface area contributed by atoms with Crippen LogP contribution in [0.1, 0.15) is 38.3 Å².